The second-order valence-corrected chi connectivity index (χ2v) is 5.25. The SMILES string of the molecule is CC1=C(C(=O)NC(Cn2cccn2)c2ccccc2)OCCO1. The minimum absolute atomic E-state index is 0.213. The van der Waals surface area contributed by atoms with Crippen LogP contribution < -0.4 is 5.32 Å². The smallest absolute Gasteiger partial charge is 0.290 e. The number of ether oxygens (including phenoxy) is 2. The summed E-state index contributed by atoms with van der Waals surface area (Å²) in [7, 11) is 0. The van der Waals surface area contributed by atoms with Crippen molar-refractivity contribution in [3.8, 4) is 0 Å². The first kappa shape index (κ1) is 15.1. The first-order chi connectivity index (χ1) is 11.2. The van der Waals surface area contributed by atoms with Crippen LogP contribution in [0.5, 0.6) is 0 Å². The summed E-state index contributed by atoms with van der Waals surface area (Å²) in [5.74, 6) is 0.487. The number of hydrogen-bond donors (Lipinski definition) is 1. The number of nitrogens with zero attached hydrogens (tertiary/aromatic N) is 2. The number of carbonyl (C=O) groups is 1. The molecule has 1 atom stereocenters. The molecule has 0 saturated heterocycles. The van der Waals surface area contributed by atoms with E-state index in [-0.39, 0.29) is 17.7 Å². The van der Waals surface area contributed by atoms with Gasteiger partial charge in [0, 0.05) is 12.4 Å². The Labute approximate surface area is 134 Å². The minimum atomic E-state index is -0.275. The first-order valence-electron chi connectivity index (χ1n) is 7.54. The van der Waals surface area contributed by atoms with Crippen molar-refractivity contribution >= 4 is 5.91 Å². The summed E-state index contributed by atoms with van der Waals surface area (Å²) in [5, 5.41) is 7.22. The molecule has 1 aliphatic rings. The van der Waals surface area contributed by atoms with Gasteiger partial charge in [-0.15, -0.1) is 0 Å². The Bertz CT molecular complexity index is 680. The van der Waals surface area contributed by atoms with Gasteiger partial charge in [-0.05, 0) is 18.6 Å². The Balaban J connectivity index is 1.79. The van der Waals surface area contributed by atoms with Crippen LogP contribution >= 0.6 is 0 Å². The standard InChI is InChI=1S/C17H19N3O3/c1-13-16(23-11-10-22-13)17(21)19-15(12-20-9-5-8-18-20)14-6-3-2-4-7-14/h2-9,15H,10-12H2,1H3,(H,19,21). The summed E-state index contributed by atoms with van der Waals surface area (Å²) in [6.07, 6.45) is 3.58. The second kappa shape index (κ2) is 7.00. The van der Waals surface area contributed by atoms with Crippen LogP contribution in [-0.2, 0) is 20.8 Å². The third-order valence-corrected chi connectivity index (χ3v) is 3.61. The highest BCUT2D eigenvalue weighted by molar-refractivity contribution is 5.92. The lowest BCUT2D eigenvalue weighted by atomic mass is 10.1. The van der Waals surface area contributed by atoms with Gasteiger partial charge in [-0.25, -0.2) is 0 Å². The molecule has 2 aromatic rings. The van der Waals surface area contributed by atoms with Gasteiger partial charge in [-0.1, -0.05) is 30.3 Å². The minimum Gasteiger partial charge on any atom is -0.491 e. The summed E-state index contributed by atoms with van der Waals surface area (Å²) in [6, 6.07) is 11.4. The number of hydrogen-bond acceptors (Lipinski definition) is 4. The van der Waals surface area contributed by atoms with E-state index in [0.29, 0.717) is 25.5 Å². The van der Waals surface area contributed by atoms with Crippen LogP contribution in [0.15, 0.2) is 60.3 Å². The van der Waals surface area contributed by atoms with Gasteiger partial charge < -0.3 is 14.8 Å². The Morgan fingerprint density at radius 2 is 2.04 bits per heavy atom. The molecule has 1 amide bonds. The molecule has 0 spiro atoms. The maximum atomic E-state index is 12.5. The molecule has 0 aliphatic carbocycles. The predicted octanol–water partition coefficient (Wildman–Crippen LogP) is 2.02. The largest absolute Gasteiger partial charge is 0.491 e. The van der Waals surface area contributed by atoms with E-state index >= 15 is 0 Å². The lowest BCUT2D eigenvalue weighted by Gasteiger charge is -2.23. The maximum Gasteiger partial charge on any atom is 0.290 e. The van der Waals surface area contributed by atoms with Crippen molar-refractivity contribution in [1.82, 2.24) is 15.1 Å². The molecule has 0 bridgehead atoms. The van der Waals surface area contributed by atoms with Gasteiger partial charge in [0.1, 0.15) is 19.0 Å². The third kappa shape index (κ3) is 3.71. The zero-order valence-corrected chi connectivity index (χ0v) is 12.9. The van der Waals surface area contributed by atoms with Gasteiger partial charge in [0.05, 0.1) is 12.6 Å². The highest BCUT2D eigenvalue weighted by atomic mass is 16.6. The average molecular weight is 313 g/mol. The highest BCUT2D eigenvalue weighted by Crippen LogP contribution is 2.18. The molecule has 1 aromatic carbocycles. The summed E-state index contributed by atoms with van der Waals surface area (Å²) >= 11 is 0. The van der Waals surface area contributed by atoms with Crippen molar-refractivity contribution in [2.24, 2.45) is 0 Å². The molecule has 0 saturated carbocycles. The molecule has 1 aliphatic heterocycles. The Kier molecular flexibility index (Phi) is 4.61. The van der Waals surface area contributed by atoms with E-state index in [9.17, 15) is 4.79 Å². The fraction of sp³-hybridized carbons (Fsp3) is 0.294. The molecule has 120 valence electrons. The Morgan fingerprint density at radius 3 is 2.74 bits per heavy atom. The summed E-state index contributed by atoms with van der Waals surface area (Å²) in [6.45, 7) is 3.13. The number of aromatic nitrogens is 2. The predicted molar refractivity (Wildman–Crippen MR) is 84.2 cm³/mol. The van der Waals surface area contributed by atoms with Crippen molar-refractivity contribution in [2.75, 3.05) is 13.2 Å². The molecule has 6 heteroatoms. The van der Waals surface area contributed by atoms with E-state index in [1.165, 1.54) is 0 Å². The molecule has 1 N–H and O–H groups in total. The van der Waals surface area contributed by atoms with Gasteiger partial charge in [-0.2, -0.15) is 5.10 Å². The number of benzene rings is 1. The molecule has 1 unspecified atom stereocenters. The second-order valence-electron chi connectivity index (χ2n) is 5.25. The van der Waals surface area contributed by atoms with E-state index in [0.717, 1.165) is 5.56 Å². The van der Waals surface area contributed by atoms with Crippen molar-refractivity contribution in [3.63, 3.8) is 0 Å². The van der Waals surface area contributed by atoms with Crippen LogP contribution in [0.1, 0.15) is 18.5 Å². The quantitative estimate of drug-likeness (QED) is 0.917. The van der Waals surface area contributed by atoms with Crippen LogP contribution in [0.3, 0.4) is 0 Å². The summed E-state index contributed by atoms with van der Waals surface area (Å²) in [5.41, 5.74) is 1.01. The van der Waals surface area contributed by atoms with Crippen molar-refractivity contribution < 1.29 is 14.3 Å². The molecule has 0 fully saturated rings. The maximum absolute atomic E-state index is 12.5. The van der Waals surface area contributed by atoms with Gasteiger partial charge >= 0.3 is 0 Å². The molecule has 1 aromatic heterocycles. The average Bonchev–Trinajstić information content (AvgIpc) is 3.08. The van der Waals surface area contributed by atoms with Gasteiger partial charge in [-0.3, -0.25) is 9.48 Å². The Morgan fingerprint density at radius 1 is 1.26 bits per heavy atom. The van der Waals surface area contributed by atoms with Gasteiger partial charge in [0.2, 0.25) is 5.76 Å². The van der Waals surface area contributed by atoms with Crippen molar-refractivity contribution in [1.29, 1.82) is 0 Å². The van der Waals surface area contributed by atoms with E-state index < -0.39 is 0 Å². The van der Waals surface area contributed by atoms with E-state index in [4.69, 9.17) is 9.47 Å². The zero-order chi connectivity index (χ0) is 16.1. The van der Waals surface area contributed by atoms with Gasteiger partial charge in [0.15, 0.2) is 0 Å². The molecule has 2 heterocycles. The van der Waals surface area contributed by atoms with Crippen LogP contribution in [0.25, 0.3) is 0 Å². The molecule has 23 heavy (non-hydrogen) atoms. The number of amides is 1. The third-order valence-electron chi connectivity index (χ3n) is 3.61. The van der Waals surface area contributed by atoms with Crippen LogP contribution in [0.2, 0.25) is 0 Å². The topological polar surface area (TPSA) is 65.4 Å². The van der Waals surface area contributed by atoms with E-state index in [1.807, 2.05) is 42.6 Å². The zero-order valence-electron chi connectivity index (χ0n) is 12.9. The van der Waals surface area contributed by atoms with Crippen molar-refractivity contribution in [3.05, 3.63) is 65.9 Å². The molecule has 0 radical (unpaired) electrons. The molecule has 6 nitrogen and oxygen atoms in total. The number of rotatable bonds is 5. The summed E-state index contributed by atoms with van der Waals surface area (Å²) in [4.78, 5) is 12.5. The first-order valence-corrected chi connectivity index (χ1v) is 7.54. The van der Waals surface area contributed by atoms with Crippen LogP contribution in [-0.4, -0.2) is 28.9 Å². The van der Waals surface area contributed by atoms with Gasteiger partial charge in [0.25, 0.3) is 5.91 Å². The molecular formula is C17H19N3O3. The monoisotopic (exact) mass is 313 g/mol. The van der Waals surface area contributed by atoms with Crippen molar-refractivity contribution in [2.45, 2.75) is 19.5 Å². The number of carbonyl (C=O) groups excluding carboxylic acids is 1. The fourth-order valence-electron chi connectivity index (χ4n) is 2.47. The van der Waals surface area contributed by atoms with Crippen LogP contribution in [0, 0.1) is 0 Å². The summed E-state index contributed by atoms with van der Waals surface area (Å²) < 4.78 is 12.6. The lowest BCUT2D eigenvalue weighted by Crippen LogP contribution is -2.35. The number of nitrogens with one attached hydrogen (secondary N) is 1. The molecule has 3 rings (SSSR count). The number of allylic oxidation sites excluding steroid dienone is 1. The lowest BCUT2D eigenvalue weighted by molar-refractivity contribution is -0.123. The fourth-order valence-corrected chi connectivity index (χ4v) is 2.47. The van der Waals surface area contributed by atoms with E-state index in [2.05, 4.69) is 10.4 Å². The normalized spacial score (nSPS) is 15.5. The van der Waals surface area contributed by atoms with E-state index in [1.54, 1.807) is 17.8 Å². The van der Waals surface area contributed by atoms with Crippen LogP contribution in [0.4, 0.5) is 0 Å². The molecular weight excluding hydrogens is 294 g/mol. The Hall–Kier alpha value is -2.76. The highest BCUT2D eigenvalue weighted by Gasteiger charge is 2.23.